The SMILES string of the molecule is CC[C@H](C)[C@H](NC(=O)[C@H](CC(C)C)NC(=O)C1(C(=O)OCc2ccccc2)CO1)C(=O)OC. The van der Waals surface area contributed by atoms with Crippen molar-refractivity contribution in [2.75, 3.05) is 13.7 Å². The molecule has 1 aliphatic rings. The van der Waals surface area contributed by atoms with E-state index >= 15 is 0 Å². The first kappa shape index (κ1) is 26.3. The van der Waals surface area contributed by atoms with Crippen molar-refractivity contribution in [1.29, 1.82) is 0 Å². The predicted octanol–water partition coefficient (Wildman–Crippen LogP) is 1.73. The van der Waals surface area contributed by atoms with E-state index in [2.05, 4.69) is 10.6 Å². The number of methoxy groups -OCH3 is 1. The standard InChI is InChI=1S/C24H34N2O7/c1-6-16(4)19(21(28)31-5)26-20(27)18(12-15(2)3)25-22(29)24(14-33-24)23(30)32-13-17-10-8-7-9-11-17/h7-11,15-16,18-19H,6,12-14H2,1-5H3,(H,25,29)(H,26,27)/t16-,18-,19-,24?/m0/s1. The van der Waals surface area contributed by atoms with Gasteiger partial charge in [-0.2, -0.15) is 0 Å². The molecular weight excluding hydrogens is 428 g/mol. The highest BCUT2D eigenvalue weighted by Crippen LogP contribution is 2.30. The van der Waals surface area contributed by atoms with Gasteiger partial charge in [-0.3, -0.25) is 9.59 Å². The highest BCUT2D eigenvalue weighted by Gasteiger charge is 2.61. The lowest BCUT2D eigenvalue weighted by Gasteiger charge is -2.26. The average molecular weight is 463 g/mol. The van der Waals surface area contributed by atoms with Gasteiger partial charge in [-0.25, -0.2) is 9.59 Å². The smallest absolute Gasteiger partial charge is 0.351 e. The molecule has 2 N–H and O–H groups in total. The molecule has 0 spiro atoms. The van der Waals surface area contributed by atoms with Crippen LogP contribution in [0.15, 0.2) is 30.3 Å². The van der Waals surface area contributed by atoms with Crippen molar-refractivity contribution in [3.05, 3.63) is 35.9 Å². The third kappa shape index (κ3) is 7.02. The van der Waals surface area contributed by atoms with E-state index in [1.165, 1.54) is 7.11 Å². The number of hydrogen-bond acceptors (Lipinski definition) is 7. The quantitative estimate of drug-likeness (QED) is 0.275. The molecule has 182 valence electrons. The molecule has 1 aromatic rings. The summed E-state index contributed by atoms with van der Waals surface area (Å²) < 4.78 is 15.3. The Labute approximate surface area is 194 Å². The lowest BCUT2D eigenvalue weighted by atomic mass is 9.97. The van der Waals surface area contributed by atoms with E-state index in [0.717, 1.165) is 5.56 Å². The van der Waals surface area contributed by atoms with E-state index < -0.39 is 41.4 Å². The van der Waals surface area contributed by atoms with Gasteiger partial charge >= 0.3 is 11.9 Å². The van der Waals surface area contributed by atoms with Gasteiger partial charge in [0.1, 0.15) is 18.7 Å². The van der Waals surface area contributed by atoms with E-state index in [-0.39, 0.29) is 25.0 Å². The van der Waals surface area contributed by atoms with E-state index in [9.17, 15) is 19.2 Å². The zero-order chi connectivity index (χ0) is 24.6. The minimum Gasteiger partial charge on any atom is -0.467 e. The number of nitrogens with one attached hydrogen (secondary N) is 2. The summed E-state index contributed by atoms with van der Waals surface area (Å²) in [4.78, 5) is 50.7. The lowest BCUT2D eigenvalue weighted by Crippen LogP contribution is -2.56. The molecule has 0 aliphatic carbocycles. The van der Waals surface area contributed by atoms with Gasteiger partial charge < -0.3 is 24.8 Å². The van der Waals surface area contributed by atoms with Crippen molar-refractivity contribution in [1.82, 2.24) is 10.6 Å². The normalized spacial score (nSPS) is 19.7. The number of hydrogen-bond donors (Lipinski definition) is 2. The maximum atomic E-state index is 13.0. The van der Waals surface area contributed by atoms with Crippen molar-refractivity contribution >= 4 is 23.8 Å². The number of benzene rings is 1. The summed E-state index contributed by atoms with van der Waals surface area (Å²) in [6.07, 6.45) is 0.951. The van der Waals surface area contributed by atoms with Gasteiger partial charge in [0.05, 0.1) is 13.7 Å². The van der Waals surface area contributed by atoms with Crippen LogP contribution in [0.1, 0.15) is 46.1 Å². The van der Waals surface area contributed by atoms with Gasteiger partial charge in [0.15, 0.2) is 0 Å². The largest absolute Gasteiger partial charge is 0.467 e. The predicted molar refractivity (Wildman–Crippen MR) is 120 cm³/mol. The van der Waals surface area contributed by atoms with Crippen molar-refractivity contribution in [3.63, 3.8) is 0 Å². The summed E-state index contributed by atoms with van der Waals surface area (Å²) >= 11 is 0. The molecule has 1 fully saturated rings. The molecule has 0 saturated carbocycles. The highest BCUT2D eigenvalue weighted by atomic mass is 16.6. The molecule has 2 amide bonds. The number of carbonyl (C=O) groups is 4. The summed E-state index contributed by atoms with van der Waals surface area (Å²) in [5.41, 5.74) is -0.985. The first-order valence-electron chi connectivity index (χ1n) is 11.2. The molecule has 33 heavy (non-hydrogen) atoms. The average Bonchev–Trinajstić information content (AvgIpc) is 3.62. The van der Waals surface area contributed by atoms with Gasteiger partial charge in [0, 0.05) is 0 Å². The van der Waals surface area contributed by atoms with Gasteiger partial charge in [0.2, 0.25) is 5.91 Å². The first-order valence-corrected chi connectivity index (χ1v) is 11.2. The molecule has 0 aromatic heterocycles. The summed E-state index contributed by atoms with van der Waals surface area (Å²) in [6.45, 7) is 7.40. The van der Waals surface area contributed by atoms with Gasteiger partial charge in [-0.1, -0.05) is 64.4 Å². The Morgan fingerprint density at radius 3 is 2.24 bits per heavy atom. The van der Waals surface area contributed by atoms with Crippen LogP contribution < -0.4 is 10.6 Å². The zero-order valence-corrected chi connectivity index (χ0v) is 19.9. The van der Waals surface area contributed by atoms with Crippen LogP contribution >= 0.6 is 0 Å². The van der Waals surface area contributed by atoms with Gasteiger partial charge in [-0.05, 0) is 23.8 Å². The molecular formula is C24H34N2O7. The molecule has 0 radical (unpaired) electrons. The van der Waals surface area contributed by atoms with Crippen LogP contribution in [-0.4, -0.2) is 55.2 Å². The maximum Gasteiger partial charge on any atom is 0.351 e. The number of ether oxygens (including phenoxy) is 3. The topological polar surface area (TPSA) is 123 Å². The van der Waals surface area contributed by atoms with E-state index in [1.807, 2.05) is 45.9 Å². The Morgan fingerprint density at radius 1 is 1.09 bits per heavy atom. The van der Waals surface area contributed by atoms with Crippen LogP contribution in [-0.2, 0) is 40.0 Å². The second-order valence-corrected chi connectivity index (χ2v) is 8.73. The number of carbonyl (C=O) groups excluding carboxylic acids is 4. The number of esters is 2. The lowest BCUT2D eigenvalue weighted by molar-refractivity contribution is -0.156. The fraction of sp³-hybridized carbons (Fsp3) is 0.583. The van der Waals surface area contributed by atoms with Crippen molar-refractivity contribution in [2.24, 2.45) is 11.8 Å². The van der Waals surface area contributed by atoms with Crippen LogP contribution in [0.25, 0.3) is 0 Å². The molecule has 1 aliphatic heterocycles. The third-order valence-corrected chi connectivity index (χ3v) is 5.64. The number of epoxide rings is 1. The molecule has 1 aromatic carbocycles. The van der Waals surface area contributed by atoms with Crippen LogP contribution in [0.2, 0.25) is 0 Å². The Bertz CT molecular complexity index is 836. The molecule has 4 atom stereocenters. The third-order valence-electron chi connectivity index (χ3n) is 5.64. The van der Waals surface area contributed by atoms with Crippen molar-refractivity contribution in [2.45, 2.75) is 64.8 Å². The Morgan fingerprint density at radius 2 is 1.73 bits per heavy atom. The molecule has 9 heteroatoms. The maximum absolute atomic E-state index is 13.0. The first-order chi connectivity index (χ1) is 15.6. The Kier molecular flexibility index (Phi) is 9.40. The minimum atomic E-state index is -1.76. The van der Waals surface area contributed by atoms with Crippen LogP contribution in [0.4, 0.5) is 0 Å². The zero-order valence-electron chi connectivity index (χ0n) is 19.9. The fourth-order valence-corrected chi connectivity index (χ4v) is 3.28. The molecule has 1 heterocycles. The van der Waals surface area contributed by atoms with Crippen LogP contribution in [0, 0.1) is 11.8 Å². The Balaban J connectivity index is 2.07. The molecule has 1 saturated heterocycles. The van der Waals surface area contributed by atoms with E-state index in [1.54, 1.807) is 12.1 Å². The van der Waals surface area contributed by atoms with Crippen LogP contribution in [0.5, 0.6) is 0 Å². The number of amides is 2. The second-order valence-electron chi connectivity index (χ2n) is 8.73. The van der Waals surface area contributed by atoms with Crippen LogP contribution in [0.3, 0.4) is 0 Å². The van der Waals surface area contributed by atoms with E-state index in [4.69, 9.17) is 14.2 Å². The van der Waals surface area contributed by atoms with Crippen molar-refractivity contribution < 1.29 is 33.4 Å². The monoisotopic (exact) mass is 462 g/mol. The Hall–Kier alpha value is -2.94. The van der Waals surface area contributed by atoms with Gasteiger partial charge in [0.25, 0.3) is 11.5 Å². The summed E-state index contributed by atoms with van der Waals surface area (Å²) in [5.74, 6) is -2.73. The highest BCUT2D eigenvalue weighted by molar-refractivity contribution is 6.10. The molecule has 9 nitrogen and oxygen atoms in total. The van der Waals surface area contributed by atoms with E-state index in [0.29, 0.717) is 12.8 Å². The minimum absolute atomic E-state index is 0.00366. The summed E-state index contributed by atoms with van der Waals surface area (Å²) in [7, 11) is 1.26. The summed E-state index contributed by atoms with van der Waals surface area (Å²) in [6, 6.07) is 7.26. The molecule has 0 bridgehead atoms. The van der Waals surface area contributed by atoms with Crippen molar-refractivity contribution in [3.8, 4) is 0 Å². The molecule has 1 unspecified atom stereocenters. The number of rotatable bonds is 12. The summed E-state index contributed by atoms with van der Waals surface area (Å²) in [5, 5.41) is 5.31. The van der Waals surface area contributed by atoms with Gasteiger partial charge in [-0.15, -0.1) is 0 Å². The fourth-order valence-electron chi connectivity index (χ4n) is 3.28. The molecule has 2 rings (SSSR count). The second kappa shape index (κ2) is 11.8.